The van der Waals surface area contributed by atoms with Gasteiger partial charge in [-0.25, -0.2) is 4.79 Å². The highest BCUT2D eigenvalue weighted by molar-refractivity contribution is 5.94. The molecule has 0 saturated carbocycles. The fraction of sp³-hybridized carbons (Fsp3) is 0.182. The van der Waals surface area contributed by atoms with Gasteiger partial charge in [0.15, 0.2) is 5.78 Å². The SMILES string of the molecule is O=C(C=Cc1ccccc1)COCCCOC(=O)C=Cc1ccccc1. The van der Waals surface area contributed by atoms with Gasteiger partial charge >= 0.3 is 5.97 Å². The van der Waals surface area contributed by atoms with Crippen molar-refractivity contribution < 1.29 is 19.1 Å². The zero-order valence-electron chi connectivity index (χ0n) is 14.5. The molecule has 134 valence electrons. The second kappa shape index (κ2) is 11.6. The van der Waals surface area contributed by atoms with Gasteiger partial charge < -0.3 is 9.47 Å². The summed E-state index contributed by atoms with van der Waals surface area (Å²) in [5.41, 5.74) is 1.91. The van der Waals surface area contributed by atoms with Gasteiger partial charge in [-0.15, -0.1) is 0 Å². The molecule has 0 N–H and O–H groups in total. The summed E-state index contributed by atoms with van der Waals surface area (Å²) in [6, 6.07) is 19.1. The van der Waals surface area contributed by atoms with Crippen molar-refractivity contribution in [3.63, 3.8) is 0 Å². The predicted octanol–water partition coefficient (Wildman–Crippen LogP) is 3.93. The molecule has 0 spiro atoms. The van der Waals surface area contributed by atoms with Gasteiger partial charge in [0.1, 0.15) is 6.61 Å². The molecular formula is C22H22O4. The molecule has 4 nitrogen and oxygen atoms in total. The maximum atomic E-state index is 11.7. The first-order valence-electron chi connectivity index (χ1n) is 8.47. The monoisotopic (exact) mass is 350 g/mol. The minimum Gasteiger partial charge on any atom is -0.462 e. The highest BCUT2D eigenvalue weighted by atomic mass is 16.5. The van der Waals surface area contributed by atoms with Crippen LogP contribution in [0.2, 0.25) is 0 Å². The van der Waals surface area contributed by atoms with Crippen molar-refractivity contribution in [1.29, 1.82) is 0 Å². The molecular weight excluding hydrogens is 328 g/mol. The third-order valence-corrected chi connectivity index (χ3v) is 3.39. The molecule has 0 radical (unpaired) electrons. The van der Waals surface area contributed by atoms with Crippen LogP contribution in [0.5, 0.6) is 0 Å². The van der Waals surface area contributed by atoms with Crippen LogP contribution in [0.3, 0.4) is 0 Å². The van der Waals surface area contributed by atoms with Gasteiger partial charge in [-0.05, 0) is 23.3 Å². The smallest absolute Gasteiger partial charge is 0.330 e. The van der Waals surface area contributed by atoms with Crippen molar-refractivity contribution in [2.45, 2.75) is 6.42 Å². The lowest BCUT2D eigenvalue weighted by molar-refractivity contribution is -0.138. The molecule has 2 aromatic rings. The van der Waals surface area contributed by atoms with Gasteiger partial charge in [-0.1, -0.05) is 66.7 Å². The summed E-state index contributed by atoms with van der Waals surface area (Å²) in [5.74, 6) is -0.493. The molecule has 0 aliphatic heterocycles. The van der Waals surface area contributed by atoms with Crippen LogP contribution in [0.1, 0.15) is 17.5 Å². The molecule has 2 aromatic carbocycles. The van der Waals surface area contributed by atoms with Gasteiger partial charge in [0.05, 0.1) is 13.2 Å². The normalized spacial score (nSPS) is 11.1. The Balaban J connectivity index is 1.53. The average molecular weight is 350 g/mol. The van der Waals surface area contributed by atoms with Crippen molar-refractivity contribution >= 4 is 23.9 Å². The minimum atomic E-state index is -0.393. The fourth-order valence-electron chi connectivity index (χ4n) is 2.08. The van der Waals surface area contributed by atoms with Crippen molar-refractivity contribution in [2.24, 2.45) is 0 Å². The van der Waals surface area contributed by atoms with Crippen LogP contribution in [-0.2, 0) is 19.1 Å². The number of esters is 1. The first-order valence-corrected chi connectivity index (χ1v) is 8.47. The van der Waals surface area contributed by atoms with E-state index in [1.165, 1.54) is 12.2 Å². The molecule has 4 heteroatoms. The van der Waals surface area contributed by atoms with E-state index in [1.54, 1.807) is 12.2 Å². The van der Waals surface area contributed by atoms with Crippen LogP contribution in [-0.4, -0.2) is 31.6 Å². The topological polar surface area (TPSA) is 52.6 Å². The Labute approximate surface area is 153 Å². The highest BCUT2D eigenvalue weighted by Gasteiger charge is 1.99. The van der Waals surface area contributed by atoms with Crippen molar-refractivity contribution in [2.75, 3.05) is 19.8 Å². The van der Waals surface area contributed by atoms with Gasteiger partial charge in [0.2, 0.25) is 0 Å². The summed E-state index contributed by atoms with van der Waals surface area (Å²) >= 11 is 0. The van der Waals surface area contributed by atoms with Gasteiger partial charge in [-0.3, -0.25) is 4.79 Å². The molecule has 0 heterocycles. The van der Waals surface area contributed by atoms with Crippen molar-refractivity contribution in [1.82, 2.24) is 0 Å². The Hall–Kier alpha value is -2.98. The van der Waals surface area contributed by atoms with E-state index in [1.807, 2.05) is 60.7 Å². The summed E-state index contributed by atoms with van der Waals surface area (Å²) in [5, 5.41) is 0. The largest absolute Gasteiger partial charge is 0.462 e. The third-order valence-electron chi connectivity index (χ3n) is 3.39. The number of ether oxygens (including phenoxy) is 2. The minimum absolute atomic E-state index is 0.0190. The third kappa shape index (κ3) is 8.22. The van der Waals surface area contributed by atoms with Crippen molar-refractivity contribution in [3.8, 4) is 0 Å². The summed E-state index contributed by atoms with van der Waals surface area (Å²) in [6.07, 6.45) is 6.90. The van der Waals surface area contributed by atoms with E-state index in [0.29, 0.717) is 13.0 Å². The number of hydrogen-bond acceptors (Lipinski definition) is 4. The lowest BCUT2D eigenvalue weighted by atomic mass is 10.2. The molecule has 0 fully saturated rings. The maximum absolute atomic E-state index is 11.7. The molecule has 0 unspecified atom stereocenters. The Morgan fingerprint density at radius 2 is 1.35 bits per heavy atom. The maximum Gasteiger partial charge on any atom is 0.330 e. The molecule has 0 aliphatic carbocycles. The Morgan fingerprint density at radius 3 is 1.96 bits per heavy atom. The van der Waals surface area contributed by atoms with E-state index in [9.17, 15) is 9.59 Å². The number of hydrogen-bond donors (Lipinski definition) is 0. The summed E-state index contributed by atoms with van der Waals surface area (Å²) in [6.45, 7) is 0.637. The zero-order valence-corrected chi connectivity index (χ0v) is 14.5. The average Bonchev–Trinajstić information content (AvgIpc) is 2.69. The Bertz CT molecular complexity index is 668. The first-order chi connectivity index (χ1) is 12.7. The summed E-state index contributed by atoms with van der Waals surface area (Å²) in [4.78, 5) is 23.2. The number of ketones is 1. The number of carbonyl (C=O) groups excluding carboxylic acids is 2. The second-order valence-corrected chi connectivity index (χ2v) is 5.53. The molecule has 2 rings (SSSR count). The summed E-state index contributed by atoms with van der Waals surface area (Å²) in [7, 11) is 0. The fourth-order valence-corrected chi connectivity index (χ4v) is 2.08. The van der Waals surface area contributed by atoms with E-state index in [4.69, 9.17) is 9.47 Å². The van der Waals surface area contributed by atoms with Crippen LogP contribution >= 0.6 is 0 Å². The molecule has 0 aliphatic rings. The molecule has 0 bridgehead atoms. The van der Waals surface area contributed by atoms with E-state index >= 15 is 0 Å². The molecule has 0 saturated heterocycles. The predicted molar refractivity (Wildman–Crippen MR) is 102 cm³/mol. The molecule has 26 heavy (non-hydrogen) atoms. The van der Waals surface area contributed by atoms with Crippen LogP contribution in [0.25, 0.3) is 12.2 Å². The summed E-state index contributed by atoms with van der Waals surface area (Å²) < 4.78 is 10.4. The second-order valence-electron chi connectivity index (χ2n) is 5.53. The lowest BCUT2D eigenvalue weighted by Gasteiger charge is -2.03. The number of benzene rings is 2. The van der Waals surface area contributed by atoms with Crippen LogP contribution < -0.4 is 0 Å². The van der Waals surface area contributed by atoms with Crippen LogP contribution in [0.15, 0.2) is 72.8 Å². The van der Waals surface area contributed by atoms with E-state index < -0.39 is 5.97 Å². The van der Waals surface area contributed by atoms with Crippen LogP contribution in [0.4, 0.5) is 0 Å². The lowest BCUT2D eigenvalue weighted by Crippen LogP contribution is -2.09. The van der Waals surface area contributed by atoms with E-state index in [2.05, 4.69) is 0 Å². The first kappa shape index (κ1) is 19.3. The van der Waals surface area contributed by atoms with Crippen LogP contribution in [0, 0.1) is 0 Å². The molecule has 0 atom stereocenters. The zero-order chi connectivity index (χ0) is 18.5. The van der Waals surface area contributed by atoms with Gasteiger partial charge in [0, 0.05) is 12.5 Å². The van der Waals surface area contributed by atoms with Gasteiger partial charge in [-0.2, -0.15) is 0 Å². The molecule has 0 amide bonds. The number of carbonyl (C=O) groups is 2. The Kier molecular flexibility index (Phi) is 8.60. The highest BCUT2D eigenvalue weighted by Crippen LogP contribution is 2.02. The van der Waals surface area contributed by atoms with Gasteiger partial charge in [0.25, 0.3) is 0 Å². The molecule has 0 aromatic heterocycles. The standard InChI is InChI=1S/C22H22O4/c23-21(14-12-19-8-3-1-4-9-19)18-25-16-7-17-26-22(24)15-13-20-10-5-2-6-11-20/h1-6,8-15H,7,16-18H2. The Morgan fingerprint density at radius 1 is 0.769 bits per heavy atom. The van der Waals surface area contributed by atoms with Crippen molar-refractivity contribution in [3.05, 3.63) is 83.9 Å². The van der Waals surface area contributed by atoms with E-state index in [-0.39, 0.29) is 19.0 Å². The van der Waals surface area contributed by atoms with E-state index in [0.717, 1.165) is 11.1 Å². The number of rotatable bonds is 10. The quantitative estimate of drug-likeness (QED) is 0.370.